The molecule has 3 aromatic carbocycles. The molecule has 6 nitrogen and oxygen atoms in total. The Morgan fingerprint density at radius 2 is 1.94 bits per heavy atom. The van der Waals surface area contributed by atoms with Crippen LogP contribution in [0.25, 0.3) is 16.7 Å². The van der Waals surface area contributed by atoms with Crippen molar-refractivity contribution in [3.05, 3.63) is 82.7 Å². The summed E-state index contributed by atoms with van der Waals surface area (Å²) in [6.45, 7) is 10.3. The zero-order valence-electron chi connectivity index (χ0n) is 20.2. The molecular weight excluding hydrogens is 426 g/mol. The van der Waals surface area contributed by atoms with Gasteiger partial charge in [0.25, 0.3) is 0 Å². The van der Waals surface area contributed by atoms with Gasteiger partial charge in [-0.2, -0.15) is 0 Å². The van der Waals surface area contributed by atoms with Gasteiger partial charge in [0, 0.05) is 30.8 Å². The Hall–Kier alpha value is -3.80. The maximum atomic E-state index is 11.4. The van der Waals surface area contributed by atoms with Crippen LogP contribution >= 0.6 is 0 Å². The zero-order valence-corrected chi connectivity index (χ0v) is 20.2. The first-order chi connectivity index (χ1) is 16.3. The molecule has 2 heterocycles. The molecule has 4 aromatic rings. The van der Waals surface area contributed by atoms with Crippen molar-refractivity contribution < 1.29 is 14.3 Å². The van der Waals surface area contributed by atoms with Gasteiger partial charge >= 0.3 is 5.97 Å². The number of rotatable bonds is 5. The molecule has 1 unspecified atom stereocenters. The van der Waals surface area contributed by atoms with Crippen LogP contribution in [-0.4, -0.2) is 21.6 Å². The summed E-state index contributed by atoms with van der Waals surface area (Å²) in [5.74, 6) is 1.42. The van der Waals surface area contributed by atoms with E-state index >= 15 is 0 Å². The highest BCUT2D eigenvalue weighted by molar-refractivity contribution is 5.79. The van der Waals surface area contributed by atoms with Crippen molar-refractivity contribution in [2.75, 3.05) is 5.32 Å². The number of carbonyl (C=O) groups is 1. The van der Waals surface area contributed by atoms with Crippen molar-refractivity contribution in [3.63, 3.8) is 0 Å². The van der Waals surface area contributed by atoms with Gasteiger partial charge in [-0.15, -0.1) is 0 Å². The average Bonchev–Trinajstić information content (AvgIpc) is 3.27. The highest BCUT2D eigenvalue weighted by atomic mass is 16.6. The van der Waals surface area contributed by atoms with Crippen molar-refractivity contribution >= 4 is 22.7 Å². The Morgan fingerprint density at radius 3 is 2.74 bits per heavy atom. The number of esters is 1. The van der Waals surface area contributed by atoms with Crippen LogP contribution in [0, 0.1) is 20.8 Å². The summed E-state index contributed by atoms with van der Waals surface area (Å²) in [5.41, 5.74) is 8.75. The summed E-state index contributed by atoms with van der Waals surface area (Å²) < 4.78 is 13.6. The van der Waals surface area contributed by atoms with Gasteiger partial charge < -0.3 is 14.8 Å². The number of hydrogen-bond donors (Lipinski definition) is 1. The fourth-order valence-corrected chi connectivity index (χ4v) is 4.75. The molecule has 2 atom stereocenters. The van der Waals surface area contributed by atoms with Crippen LogP contribution in [0.2, 0.25) is 0 Å². The summed E-state index contributed by atoms with van der Waals surface area (Å²) in [5, 5.41) is 3.52. The Labute approximate surface area is 199 Å². The van der Waals surface area contributed by atoms with E-state index in [1.54, 1.807) is 0 Å². The van der Waals surface area contributed by atoms with E-state index in [0.29, 0.717) is 6.54 Å². The van der Waals surface area contributed by atoms with Gasteiger partial charge in [-0.25, -0.2) is 4.98 Å². The number of nitrogens with one attached hydrogen (secondary N) is 1. The van der Waals surface area contributed by atoms with Crippen molar-refractivity contribution in [1.82, 2.24) is 9.55 Å². The zero-order chi connectivity index (χ0) is 24.0. The van der Waals surface area contributed by atoms with Gasteiger partial charge in [-0.05, 0) is 74.7 Å². The standard InChI is InChI=1S/C28H29N3O3/c1-16-9-12-26-24(13-16)30-19(4)31(26)25-8-6-7-21(17(25)2)15-29-22-10-11-23-27(14-22)33-18(3)28(23)34-20(5)32/h6-14,18,28-29H,15H2,1-5H3/t18?,28-/m1/s1. The number of ether oxygens (including phenoxy) is 2. The van der Waals surface area contributed by atoms with Crippen LogP contribution in [0.5, 0.6) is 5.75 Å². The van der Waals surface area contributed by atoms with Gasteiger partial charge in [-0.3, -0.25) is 9.36 Å². The largest absolute Gasteiger partial charge is 0.486 e. The van der Waals surface area contributed by atoms with Crippen LogP contribution in [0.15, 0.2) is 54.6 Å². The third kappa shape index (κ3) is 3.89. The van der Waals surface area contributed by atoms with Gasteiger partial charge in [0.2, 0.25) is 0 Å². The second-order valence-corrected chi connectivity index (χ2v) is 9.01. The molecule has 5 rings (SSSR count). The van der Waals surface area contributed by atoms with Crippen LogP contribution in [0.3, 0.4) is 0 Å². The Bertz CT molecular complexity index is 1410. The molecule has 34 heavy (non-hydrogen) atoms. The number of carbonyl (C=O) groups excluding carboxylic acids is 1. The van der Waals surface area contributed by atoms with E-state index in [4.69, 9.17) is 14.5 Å². The third-order valence-corrected chi connectivity index (χ3v) is 6.47. The normalized spacial score (nSPS) is 16.9. The molecule has 1 N–H and O–H groups in total. The van der Waals surface area contributed by atoms with E-state index in [1.807, 2.05) is 32.0 Å². The summed E-state index contributed by atoms with van der Waals surface area (Å²) in [6.07, 6.45) is -0.567. The number of aryl methyl sites for hydroxylation is 2. The number of hydrogen-bond acceptors (Lipinski definition) is 5. The molecule has 0 radical (unpaired) electrons. The van der Waals surface area contributed by atoms with Crippen molar-refractivity contribution in [1.29, 1.82) is 0 Å². The first-order valence-corrected chi connectivity index (χ1v) is 11.6. The molecule has 0 saturated carbocycles. The first kappa shape index (κ1) is 22.0. The summed E-state index contributed by atoms with van der Waals surface area (Å²) >= 11 is 0. The van der Waals surface area contributed by atoms with E-state index in [1.165, 1.54) is 23.6 Å². The van der Waals surface area contributed by atoms with Crippen LogP contribution in [-0.2, 0) is 16.1 Å². The van der Waals surface area contributed by atoms with Crippen molar-refractivity contribution in [2.24, 2.45) is 0 Å². The Balaban J connectivity index is 1.40. The summed E-state index contributed by atoms with van der Waals surface area (Å²) in [7, 11) is 0. The maximum Gasteiger partial charge on any atom is 0.303 e. The van der Waals surface area contributed by atoms with E-state index < -0.39 is 0 Å². The summed E-state index contributed by atoms with van der Waals surface area (Å²) in [4.78, 5) is 16.2. The van der Waals surface area contributed by atoms with Crippen LogP contribution in [0.4, 0.5) is 5.69 Å². The smallest absolute Gasteiger partial charge is 0.303 e. The van der Waals surface area contributed by atoms with Crippen LogP contribution < -0.4 is 10.1 Å². The molecule has 1 aromatic heterocycles. The van der Waals surface area contributed by atoms with Gasteiger partial charge in [-0.1, -0.05) is 18.2 Å². The van der Waals surface area contributed by atoms with Gasteiger partial charge in [0.05, 0.1) is 16.7 Å². The molecular formula is C28H29N3O3. The molecule has 0 spiro atoms. The number of imidazole rings is 1. The fourth-order valence-electron chi connectivity index (χ4n) is 4.75. The molecule has 0 fully saturated rings. The maximum absolute atomic E-state index is 11.4. The lowest BCUT2D eigenvalue weighted by molar-refractivity contribution is -0.149. The number of fused-ring (bicyclic) bond motifs is 2. The molecule has 1 aliphatic rings. The molecule has 0 saturated heterocycles. The number of benzene rings is 3. The lowest BCUT2D eigenvalue weighted by Crippen LogP contribution is -2.18. The number of nitrogens with zero attached hydrogens (tertiary/aromatic N) is 2. The summed E-state index contributed by atoms with van der Waals surface area (Å²) in [6, 6.07) is 18.7. The SMILES string of the molecule is CC(=O)O[C@H]1c2ccc(NCc3cccc(-n4c(C)nc5cc(C)ccc54)c3C)cc2OC1C. The van der Waals surface area contributed by atoms with Crippen molar-refractivity contribution in [2.45, 2.75) is 53.4 Å². The van der Waals surface area contributed by atoms with Crippen LogP contribution in [0.1, 0.15) is 48.0 Å². The number of aromatic nitrogens is 2. The van der Waals surface area contributed by atoms with E-state index in [9.17, 15) is 4.79 Å². The second-order valence-electron chi connectivity index (χ2n) is 9.01. The molecule has 0 aliphatic carbocycles. The minimum atomic E-state index is -0.363. The van der Waals surface area contributed by atoms with E-state index in [0.717, 1.165) is 39.5 Å². The predicted molar refractivity (Wildman–Crippen MR) is 134 cm³/mol. The van der Waals surface area contributed by atoms with E-state index in [-0.39, 0.29) is 18.2 Å². The molecule has 6 heteroatoms. The lowest BCUT2D eigenvalue weighted by atomic mass is 10.0. The fraction of sp³-hybridized carbons (Fsp3) is 0.286. The molecule has 0 bridgehead atoms. The number of anilines is 1. The van der Waals surface area contributed by atoms with E-state index in [2.05, 4.69) is 60.1 Å². The highest BCUT2D eigenvalue weighted by Crippen LogP contribution is 2.40. The minimum Gasteiger partial charge on any atom is -0.486 e. The van der Waals surface area contributed by atoms with Gasteiger partial charge in [0.1, 0.15) is 17.7 Å². The third-order valence-electron chi connectivity index (χ3n) is 6.47. The lowest BCUT2D eigenvalue weighted by Gasteiger charge is -2.16. The molecule has 0 amide bonds. The monoisotopic (exact) mass is 455 g/mol. The van der Waals surface area contributed by atoms with Crippen molar-refractivity contribution in [3.8, 4) is 11.4 Å². The quantitative estimate of drug-likeness (QED) is 0.377. The Kier molecular flexibility index (Phi) is 5.52. The predicted octanol–water partition coefficient (Wildman–Crippen LogP) is 5.95. The van der Waals surface area contributed by atoms with Gasteiger partial charge in [0.15, 0.2) is 6.10 Å². The minimum absolute atomic E-state index is 0.204. The topological polar surface area (TPSA) is 65.4 Å². The highest BCUT2D eigenvalue weighted by Gasteiger charge is 2.33. The molecule has 174 valence electrons. The average molecular weight is 456 g/mol. The Morgan fingerprint density at radius 1 is 1.12 bits per heavy atom. The molecule has 1 aliphatic heterocycles. The first-order valence-electron chi connectivity index (χ1n) is 11.6. The second kappa shape index (κ2) is 8.52.